The number of benzene rings is 2. The molecule has 0 unspecified atom stereocenters. The third-order valence-electron chi connectivity index (χ3n) is 2.69. The molecule has 0 aromatic heterocycles. The summed E-state index contributed by atoms with van der Waals surface area (Å²) >= 11 is 5.93. The summed E-state index contributed by atoms with van der Waals surface area (Å²) in [7, 11) is 1.48. The van der Waals surface area contributed by atoms with Gasteiger partial charge in [0.25, 0.3) is 5.91 Å². The number of anilines is 1. The maximum Gasteiger partial charge on any atom is 0.262 e. The van der Waals surface area contributed by atoms with Crippen LogP contribution in [0.3, 0.4) is 0 Å². The van der Waals surface area contributed by atoms with E-state index in [-0.39, 0.29) is 5.75 Å². The Hall–Kier alpha value is -2.34. The highest BCUT2D eigenvalue weighted by Gasteiger charge is 2.09. The van der Waals surface area contributed by atoms with E-state index in [0.29, 0.717) is 22.5 Å². The molecule has 116 valence electrons. The van der Waals surface area contributed by atoms with Crippen molar-refractivity contribution in [3.8, 4) is 11.5 Å². The molecule has 1 N–H and O–H groups in total. The van der Waals surface area contributed by atoms with Crippen LogP contribution in [0.2, 0.25) is 5.02 Å². The molecule has 2 aromatic carbocycles. The van der Waals surface area contributed by atoms with E-state index in [0.717, 1.165) is 12.1 Å². The van der Waals surface area contributed by atoms with Gasteiger partial charge in [0.1, 0.15) is 11.6 Å². The van der Waals surface area contributed by atoms with E-state index in [4.69, 9.17) is 21.1 Å². The van der Waals surface area contributed by atoms with E-state index >= 15 is 0 Å². The van der Waals surface area contributed by atoms with E-state index < -0.39 is 24.1 Å². The van der Waals surface area contributed by atoms with Crippen LogP contribution in [0.4, 0.5) is 14.5 Å². The van der Waals surface area contributed by atoms with Crippen LogP contribution in [0.15, 0.2) is 36.4 Å². The van der Waals surface area contributed by atoms with Crippen LogP contribution in [0.25, 0.3) is 0 Å². The second kappa shape index (κ2) is 7.09. The Morgan fingerprint density at radius 1 is 1.18 bits per heavy atom. The lowest BCUT2D eigenvalue weighted by Gasteiger charge is -2.09. The highest BCUT2D eigenvalue weighted by atomic mass is 35.5. The van der Waals surface area contributed by atoms with Crippen LogP contribution in [-0.2, 0) is 4.79 Å². The van der Waals surface area contributed by atoms with Crippen LogP contribution in [0.5, 0.6) is 11.5 Å². The highest BCUT2D eigenvalue weighted by Crippen LogP contribution is 2.27. The average Bonchev–Trinajstić information content (AvgIpc) is 2.46. The van der Waals surface area contributed by atoms with Crippen LogP contribution in [0, 0.1) is 11.6 Å². The zero-order chi connectivity index (χ0) is 16.1. The molecule has 7 heteroatoms. The lowest BCUT2D eigenvalue weighted by molar-refractivity contribution is -0.118. The van der Waals surface area contributed by atoms with Crippen molar-refractivity contribution in [3.63, 3.8) is 0 Å². The SMILES string of the molecule is COc1ccc(NC(=O)COc2ccc(F)cc2F)cc1Cl. The molecule has 0 bridgehead atoms. The third kappa shape index (κ3) is 4.08. The fourth-order valence-corrected chi connectivity index (χ4v) is 1.93. The lowest BCUT2D eigenvalue weighted by Crippen LogP contribution is -2.20. The van der Waals surface area contributed by atoms with Crippen molar-refractivity contribution in [2.24, 2.45) is 0 Å². The van der Waals surface area contributed by atoms with Crippen LogP contribution in [0.1, 0.15) is 0 Å². The Balaban J connectivity index is 1.94. The molecule has 0 fully saturated rings. The minimum Gasteiger partial charge on any atom is -0.495 e. The fourth-order valence-electron chi connectivity index (χ4n) is 1.68. The summed E-state index contributed by atoms with van der Waals surface area (Å²) in [5, 5.41) is 2.87. The second-order valence-electron chi connectivity index (χ2n) is 4.26. The third-order valence-corrected chi connectivity index (χ3v) is 2.98. The summed E-state index contributed by atoms with van der Waals surface area (Å²) in [5.41, 5.74) is 0.443. The van der Waals surface area contributed by atoms with Gasteiger partial charge >= 0.3 is 0 Å². The van der Waals surface area contributed by atoms with Gasteiger partial charge in [-0.25, -0.2) is 8.78 Å². The minimum atomic E-state index is -0.875. The predicted molar refractivity (Wildman–Crippen MR) is 78.5 cm³/mol. The summed E-state index contributed by atoms with van der Waals surface area (Å²) in [6, 6.07) is 7.54. The molecule has 0 radical (unpaired) electrons. The normalized spacial score (nSPS) is 10.2. The topological polar surface area (TPSA) is 47.6 Å². The number of carbonyl (C=O) groups is 1. The Labute approximate surface area is 130 Å². The monoisotopic (exact) mass is 327 g/mol. The molecule has 0 spiro atoms. The molecule has 2 aromatic rings. The summed E-state index contributed by atoms with van der Waals surface area (Å²) in [4.78, 5) is 11.7. The predicted octanol–water partition coefficient (Wildman–Crippen LogP) is 3.64. The Kier molecular flexibility index (Phi) is 5.16. The number of halogens is 3. The lowest BCUT2D eigenvalue weighted by atomic mass is 10.3. The highest BCUT2D eigenvalue weighted by molar-refractivity contribution is 6.32. The van der Waals surface area contributed by atoms with Gasteiger partial charge in [-0.1, -0.05) is 11.6 Å². The Morgan fingerprint density at radius 2 is 1.91 bits per heavy atom. The molecule has 0 saturated heterocycles. The molecular formula is C15H12ClF2NO3. The van der Waals surface area contributed by atoms with E-state index in [1.807, 2.05) is 0 Å². The van der Waals surface area contributed by atoms with Crippen LogP contribution >= 0.6 is 11.6 Å². The van der Waals surface area contributed by atoms with Crippen molar-refractivity contribution in [2.75, 3.05) is 19.0 Å². The second-order valence-corrected chi connectivity index (χ2v) is 4.67. The molecule has 0 heterocycles. The number of ether oxygens (including phenoxy) is 2. The summed E-state index contributed by atoms with van der Waals surface area (Å²) in [6.45, 7) is -0.424. The average molecular weight is 328 g/mol. The van der Waals surface area contributed by atoms with E-state index in [2.05, 4.69) is 5.32 Å². The smallest absolute Gasteiger partial charge is 0.262 e. The molecular weight excluding hydrogens is 316 g/mol. The van der Waals surface area contributed by atoms with Crippen molar-refractivity contribution in [1.29, 1.82) is 0 Å². The van der Waals surface area contributed by atoms with E-state index in [1.165, 1.54) is 13.2 Å². The quantitative estimate of drug-likeness (QED) is 0.912. The van der Waals surface area contributed by atoms with Crippen molar-refractivity contribution >= 4 is 23.2 Å². The van der Waals surface area contributed by atoms with Gasteiger partial charge in [-0.2, -0.15) is 0 Å². The summed E-state index contributed by atoms with van der Waals surface area (Å²) < 4.78 is 36.1. The Morgan fingerprint density at radius 3 is 2.55 bits per heavy atom. The largest absolute Gasteiger partial charge is 0.495 e. The first-order valence-electron chi connectivity index (χ1n) is 6.21. The zero-order valence-corrected chi connectivity index (χ0v) is 12.3. The standard InChI is InChI=1S/C15H12ClF2NO3/c1-21-13-5-3-10(7-11(13)16)19-15(20)8-22-14-4-2-9(17)6-12(14)18/h2-7H,8H2,1H3,(H,19,20). The maximum atomic E-state index is 13.3. The maximum absolute atomic E-state index is 13.3. The molecule has 0 aliphatic carbocycles. The zero-order valence-electron chi connectivity index (χ0n) is 11.5. The number of rotatable bonds is 5. The molecule has 2 rings (SSSR count). The van der Waals surface area contributed by atoms with Gasteiger partial charge in [0.05, 0.1) is 12.1 Å². The first-order valence-corrected chi connectivity index (χ1v) is 6.58. The van der Waals surface area contributed by atoms with Gasteiger partial charge in [0.2, 0.25) is 0 Å². The fraction of sp³-hybridized carbons (Fsp3) is 0.133. The number of hydrogen-bond donors (Lipinski definition) is 1. The van der Waals surface area contributed by atoms with Gasteiger partial charge in [-0.3, -0.25) is 4.79 Å². The first-order chi connectivity index (χ1) is 10.5. The Bertz CT molecular complexity index is 694. The number of carbonyl (C=O) groups excluding carboxylic acids is 1. The van der Waals surface area contributed by atoms with Gasteiger partial charge in [-0.15, -0.1) is 0 Å². The number of amides is 1. The van der Waals surface area contributed by atoms with Gasteiger partial charge in [0.15, 0.2) is 18.2 Å². The van der Waals surface area contributed by atoms with E-state index in [9.17, 15) is 13.6 Å². The molecule has 1 amide bonds. The molecule has 0 aliphatic heterocycles. The summed E-state index contributed by atoms with van der Waals surface area (Å²) in [6.07, 6.45) is 0. The molecule has 0 atom stereocenters. The molecule has 0 saturated carbocycles. The number of nitrogens with one attached hydrogen (secondary N) is 1. The minimum absolute atomic E-state index is 0.204. The first kappa shape index (κ1) is 16.0. The van der Waals surface area contributed by atoms with Crippen LogP contribution < -0.4 is 14.8 Å². The number of methoxy groups -OCH3 is 1. The molecule has 4 nitrogen and oxygen atoms in total. The van der Waals surface area contributed by atoms with Crippen LogP contribution in [-0.4, -0.2) is 19.6 Å². The van der Waals surface area contributed by atoms with Crippen molar-refractivity contribution < 1.29 is 23.0 Å². The van der Waals surface area contributed by atoms with E-state index in [1.54, 1.807) is 12.1 Å². The van der Waals surface area contributed by atoms with Gasteiger partial charge in [0, 0.05) is 11.8 Å². The van der Waals surface area contributed by atoms with Crippen molar-refractivity contribution in [3.05, 3.63) is 53.1 Å². The van der Waals surface area contributed by atoms with Gasteiger partial charge < -0.3 is 14.8 Å². The van der Waals surface area contributed by atoms with Crippen molar-refractivity contribution in [1.82, 2.24) is 0 Å². The van der Waals surface area contributed by atoms with Crippen molar-refractivity contribution in [2.45, 2.75) is 0 Å². The molecule has 0 aliphatic rings. The molecule has 22 heavy (non-hydrogen) atoms. The summed E-state index contributed by atoms with van der Waals surface area (Å²) in [5.74, 6) is -1.83. The number of hydrogen-bond acceptors (Lipinski definition) is 3. The van der Waals surface area contributed by atoms with Gasteiger partial charge in [-0.05, 0) is 30.3 Å².